The minimum atomic E-state index is 0. The third-order valence-corrected chi connectivity index (χ3v) is 0. The SMILES string of the molecule is [Fe+2].[Mg+2].[OH-].[OH-].[OH-].[OH-]. The summed E-state index contributed by atoms with van der Waals surface area (Å²) >= 11 is 0. The molecule has 6 heteroatoms. The van der Waals surface area contributed by atoms with Gasteiger partial charge in [-0.25, -0.2) is 0 Å². The zero-order valence-electron chi connectivity index (χ0n) is 2.85. The molecular weight excluding hydrogens is 144 g/mol. The molecule has 4 nitrogen and oxygen atoms in total. The van der Waals surface area contributed by atoms with Gasteiger partial charge in [0.25, 0.3) is 0 Å². The van der Waals surface area contributed by atoms with E-state index in [9.17, 15) is 0 Å². The van der Waals surface area contributed by atoms with E-state index in [0.29, 0.717) is 0 Å². The zero-order chi connectivity index (χ0) is 0. The predicted octanol–water partition coefficient (Wildman–Crippen LogP) is -1.09. The van der Waals surface area contributed by atoms with Gasteiger partial charge in [0.15, 0.2) is 0 Å². The van der Waals surface area contributed by atoms with Gasteiger partial charge in [0.05, 0.1) is 0 Å². The van der Waals surface area contributed by atoms with Crippen LogP contribution >= 0.6 is 0 Å². The first-order valence-corrected chi connectivity index (χ1v) is 0. The van der Waals surface area contributed by atoms with E-state index in [1.165, 1.54) is 0 Å². The summed E-state index contributed by atoms with van der Waals surface area (Å²) in [5, 5.41) is 0. The molecule has 0 amide bonds. The molecular formula is H4FeMgO4. The van der Waals surface area contributed by atoms with Crippen LogP contribution in [-0.2, 0) is 17.1 Å². The van der Waals surface area contributed by atoms with Gasteiger partial charge in [-0.05, 0) is 0 Å². The van der Waals surface area contributed by atoms with Crippen LogP contribution in [0.1, 0.15) is 0 Å². The molecule has 0 fully saturated rings. The molecule has 0 saturated heterocycles. The maximum atomic E-state index is 0. The van der Waals surface area contributed by atoms with Gasteiger partial charge in [-0.2, -0.15) is 0 Å². The topological polar surface area (TPSA) is 120 Å². The van der Waals surface area contributed by atoms with Crippen LogP contribution in [0.25, 0.3) is 0 Å². The third-order valence-electron chi connectivity index (χ3n) is 0. The van der Waals surface area contributed by atoms with E-state index in [1.807, 2.05) is 0 Å². The summed E-state index contributed by atoms with van der Waals surface area (Å²) in [6.45, 7) is 0. The van der Waals surface area contributed by atoms with E-state index < -0.39 is 0 Å². The Morgan fingerprint density at radius 2 is 0.500 bits per heavy atom. The molecule has 4 N–H and O–H groups in total. The minimum Gasteiger partial charge on any atom is -0.870 e. The fourth-order valence-corrected chi connectivity index (χ4v) is 0. The summed E-state index contributed by atoms with van der Waals surface area (Å²) in [6.07, 6.45) is 0. The van der Waals surface area contributed by atoms with Crippen LogP contribution in [0, 0.1) is 0 Å². The normalized spacial score (nSPS) is 0. The second-order valence-electron chi connectivity index (χ2n) is 0. The number of hydrogen-bond donors (Lipinski definition) is 0. The molecule has 0 spiro atoms. The van der Waals surface area contributed by atoms with Gasteiger partial charge in [-0.15, -0.1) is 0 Å². The molecule has 0 bridgehead atoms. The van der Waals surface area contributed by atoms with Crippen LogP contribution in [0.2, 0.25) is 0 Å². The van der Waals surface area contributed by atoms with Crippen molar-refractivity contribution >= 4 is 23.1 Å². The van der Waals surface area contributed by atoms with Crippen molar-refractivity contribution in [3.63, 3.8) is 0 Å². The second kappa shape index (κ2) is 127. The van der Waals surface area contributed by atoms with Gasteiger partial charge in [-0.3, -0.25) is 0 Å². The van der Waals surface area contributed by atoms with E-state index >= 15 is 0 Å². The van der Waals surface area contributed by atoms with Crippen LogP contribution in [-0.4, -0.2) is 45.0 Å². The van der Waals surface area contributed by atoms with Crippen LogP contribution in [0.15, 0.2) is 0 Å². The molecule has 0 aromatic rings. The third kappa shape index (κ3) is 68.8. The van der Waals surface area contributed by atoms with E-state index in [2.05, 4.69) is 0 Å². The van der Waals surface area contributed by atoms with Crippen molar-refractivity contribution in [3.8, 4) is 0 Å². The monoisotopic (exact) mass is 148 g/mol. The summed E-state index contributed by atoms with van der Waals surface area (Å²) in [6, 6.07) is 0. The summed E-state index contributed by atoms with van der Waals surface area (Å²) in [4.78, 5) is 0. The Hall–Kier alpha value is 1.13. The summed E-state index contributed by atoms with van der Waals surface area (Å²) < 4.78 is 0. The molecule has 0 aliphatic heterocycles. The maximum Gasteiger partial charge on any atom is 2.00 e. The Balaban J connectivity index is 0. The van der Waals surface area contributed by atoms with Crippen molar-refractivity contribution in [2.45, 2.75) is 0 Å². The second-order valence-corrected chi connectivity index (χ2v) is 0. The van der Waals surface area contributed by atoms with Crippen molar-refractivity contribution in [2.75, 3.05) is 0 Å². The molecule has 0 heterocycles. The Bertz CT molecular complexity index is 7.51. The Kier molecular flexibility index (Phi) is 4470. The molecule has 0 aromatic carbocycles. The zero-order valence-corrected chi connectivity index (χ0v) is 5.37. The Morgan fingerprint density at radius 1 is 0.500 bits per heavy atom. The fraction of sp³-hybridized carbons (Fsp3) is 0. The van der Waals surface area contributed by atoms with Gasteiger partial charge in [-0.1, -0.05) is 0 Å². The standard InChI is InChI=1S/Fe.Mg.4H2O/h;;4*1H2/q2*+2;;;;/p-4. The molecule has 0 aliphatic rings. The minimum absolute atomic E-state index is 0. The van der Waals surface area contributed by atoms with Gasteiger partial charge >= 0.3 is 40.1 Å². The van der Waals surface area contributed by atoms with Gasteiger partial charge in [0, 0.05) is 0 Å². The van der Waals surface area contributed by atoms with Crippen molar-refractivity contribution in [1.29, 1.82) is 0 Å². The Morgan fingerprint density at radius 3 is 0.500 bits per heavy atom. The maximum absolute atomic E-state index is 0. The van der Waals surface area contributed by atoms with Gasteiger partial charge < -0.3 is 21.9 Å². The van der Waals surface area contributed by atoms with Gasteiger partial charge in [0.1, 0.15) is 0 Å². The number of hydrogen-bond acceptors (Lipinski definition) is 4. The van der Waals surface area contributed by atoms with E-state index in [0.717, 1.165) is 0 Å². The summed E-state index contributed by atoms with van der Waals surface area (Å²) in [7, 11) is 0. The molecule has 0 rings (SSSR count). The van der Waals surface area contributed by atoms with Crippen LogP contribution in [0.5, 0.6) is 0 Å². The number of rotatable bonds is 0. The molecule has 0 aliphatic carbocycles. The van der Waals surface area contributed by atoms with Crippen molar-refractivity contribution < 1.29 is 39.0 Å². The van der Waals surface area contributed by atoms with Crippen LogP contribution < -0.4 is 0 Å². The first-order valence-electron chi connectivity index (χ1n) is 0. The van der Waals surface area contributed by atoms with E-state index in [-0.39, 0.29) is 62.0 Å². The predicted molar refractivity (Wildman–Crippen MR) is 13.5 cm³/mol. The average molecular weight is 148 g/mol. The first-order chi connectivity index (χ1) is 0. The van der Waals surface area contributed by atoms with Crippen LogP contribution in [0.3, 0.4) is 0 Å². The Labute approximate surface area is 62.2 Å². The largest absolute Gasteiger partial charge is 2.00 e. The fourth-order valence-electron chi connectivity index (χ4n) is 0. The van der Waals surface area contributed by atoms with Crippen LogP contribution in [0.4, 0.5) is 0 Å². The first kappa shape index (κ1) is 211. The molecule has 6 heavy (non-hydrogen) atoms. The summed E-state index contributed by atoms with van der Waals surface area (Å²) in [5.41, 5.74) is 0. The van der Waals surface area contributed by atoms with E-state index in [4.69, 9.17) is 0 Å². The molecule has 0 radical (unpaired) electrons. The van der Waals surface area contributed by atoms with Crippen molar-refractivity contribution in [2.24, 2.45) is 0 Å². The van der Waals surface area contributed by atoms with Crippen molar-refractivity contribution in [3.05, 3.63) is 0 Å². The molecule has 38 valence electrons. The molecule has 0 saturated carbocycles. The molecule has 0 unspecified atom stereocenters. The molecule has 0 aromatic heterocycles. The van der Waals surface area contributed by atoms with Gasteiger partial charge in [0.2, 0.25) is 0 Å². The smallest absolute Gasteiger partial charge is 0.870 e. The average Bonchev–Trinajstić information content (AvgIpc) is 0. The quantitative estimate of drug-likeness (QED) is 0.405. The van der Waals surface area contributed by atoms with E-state index in [1.54, 1.807) is 0 Å². The van der Waals surface area contributed by atoms with Crippen molar-refractivity contribution in [1.82, 2.24) is 0 Å². The summed E-state index contributed by atoms with van der Waals surface area (Å²) in [5.74, 6) is 0. The molecule has 0 atom stereocenters.